The Labute approximate surface area is 115 Å². The standard InChI is InChI=1S/C15H11ClFNO/c16-14-8-13(17)5-4-11(14)7-15(19)12-3-1-2-10(6-12)9-18/h1-6,8,15,19H,7H2. The molecule has 2 nitrogen and oxygen atoms in total. The molecule has 0 aromatic heterocycles. The van der Waals surface area contributed by atoms with E-state index in [0.29, 0.717) is 16.7 Å². The van der Waals surface area contributed by atoms with Crippen molar-refractivity contribution in [2.75, 3.05) is 0 Å². The largest absolute Gasteiger partial charge is 0.388 e. The van der Waals surface area contributed by atoms with Crippen LogP contribution in [-0.2, 0) is 6.42 Å². The molecule has 96 valence electrons. The number of hydrogen-bond acceptors (Lipinski definition) is 2. The van der Waals surface area contributed by atoms with Crippen LogP contribution in [0.1, 0.15) is 22.8 Å². The van der Waals surface area contributed by atoms with Crippen molar-refractivity contribution >= 4 is 11.6 Å². The predicted molar refractivity (Wildman–Crippen MR) is 71.2 cm³/mol. The SMILES string of the molecule is N#Cc1cccc(C(O)Cc2ccc(F)cc2Cl)c1. The van der Waals surface area contributed by atoms with Crippen LogP contribution in [0.25, 0.3) is 0 Å². The summed E-state index contributed by atoms with van der Waals surface area (Å²) in [4.78, 5) is 0. The van der Waals surface area contributed by atoms with Gasteiger partial charge >= 0.3 is 0 Å². The number of halogens is 2. The van der Waals surface area contributed by atoms with Crippen molar-refractivity contribution in [3.05, 3.63) is 70.0 Å². The molecule has 0 amide bonds. The topological polar surface area (TPSA) is 44.0 Å². The van der Waals surface area contributed by atoms with E-state index in [1.807, 2.05) is 6.07 Å². The zero-order valence-corrected chi connectivity index (χ0v) is 10.7. The summed E-state index contributed by atoms with van der Waals surface area (Å²) in [6, 6.07) is 12.8. The fourth-order valence-corrected chi connectivity index (χ4v) is 2.07. The van der Waals surface area contributed by atoms with Gasteiger partial charge in [0, 0.05) is 11.4 Å². The van der Waals surface area contributed by atoms with Crippen LogP contribution in [0.15, 0.2) is 42.5 Å². The third kappa shape index (κ3) is 3.31. The third-order valence-electron chi connectivity index (χ3n) is 2.83. The van der Waals surface area contributed by atoms with Gasteiger partial charge in [-0.1, -0.05) is 29.8 Å². The van der Waals surface area contributed by atoms with Crippen LogP contribution in [0, 0.1) is 17.1 Å². The predicted octanol–water partition coefficient (Wildman–Crippen LogP) is 3.63. The van der Waals surface area contributed by atoms with Crippen LogP contribution in [0.3, 0.4) is 0 Å². The molecule has 0 aliphatic carbocycles. The Balaban J connectivity index is 2.20. The van der Waals surface area contributed by atoms with E-state index in [-0.39, 0.29) is 11.4 Å². The number of aliphatic hydroxyl groups excluding tert-OH is 1. The molecule has 0 saturated heterocycles. The second-order valence-electron chi connectivity index (χ2n) is 4.19. The lowest BCUT2D eigenvalue weighted by atomic mass is 10.00. The van der Waals surface area contributed by atoms with Gasteiger partial charge in [0.05, 0.1) is 17.7 Å². The van der Waals surface area contributed by atoms with E-state index in [4.69, 9.17) is 16.9 Å². The molecule has 1 N–H and O–H groups in total. The van der Waals surface area contributed by atoms with E-state index in [9.17, 15) is 9.50 Å². The molecule has 2 rings (SSSR count). The lowest BCUT2D eigenvalue weighted by Gasteiger charge is -2.12. The molecular formula is C15H11ClFNO. The van der Waals surface area contributed by atoms with Crippen molar-refractivity contribution in [1.82, 2.24) is 0 Å². The molecule has 19 heavy (non-hydrogen) atoms. The quantitative estimate of drug-likeness (QED) is 0.930. The summed E-state index contributed by atoms with van der Waals surface area (Å²) in [5.74, 6) is -0.408. The van der Waals surface area contributed by atoms with Crippen molar-refractivity contribution in [1.29, 1.82) is 5.26 Å². The maximum Gasteiger partial charge on any atom is 0.124 e. The van der Waals surface area contributed by atoms with Crippen molar-refractivity contribution in [3.63, 3.8) is 0 Å². The molecule has 0 bridgehead atoms. The minimum Gasteiger partial charge on any atom is -0.388 e. The second kappa shape index (κ2) is 5.83. The lowest BCUT2D eigenvalue weighted by molar-refractivity contribution is 0.178. The van der Waals surface area contributed by atoms with Gasteiger partial charge in [-0.05, 0) is 35.4 Å². The van der Waals surface area contributed by atoms with E-state index in [0.717, 1.165) is 0 Å². The molecular weight excluding hydrogens is 265 g/mol. The first-order valence-corrected chi connectivity index (χ1v) is 6.10. The number of nitriles is 1. The number of benzene rings is 2. The highest BCUT2D eigenvalue weighted by Gasteiger charge is 2.12. The van der Waals surface area contributed by atoms with E-state index < -0.39 is 11.9 Å². The lowest BCUT2D eigenvalue weighted by Crippen LogP contribution is -2.02. The summed E-state index contributed by atoms with van der Waals surface area (Å²) >= 11 is 5.92. The van der Waals surface area contributed by atoms with E-state index >= 15 is 0 Å². The molecule has 0 fully saturated rings. The second-order valence-corrected chi connectivity index (χ2v) is 4.60. The van der Waals surface area contributed by atoms with Gasteiger partial charge in [0.25, 0.3) is 0 Å². The molecule has 0 aliphatic rings. The number of aliphatic hydroxyl groups is 1. The number of rotatable bonds is 3. The summed E-state index contributed by atoms with van der Waals surface area (Å²) in [6.45, 7) is 0. The highest BCUT2D eigenvalue weighted by molar-refractivity contribution is 6.31. The van der Waals surface area contributed by atoms with Crippen LogP contribution in [0.4, 0.5) is 4.39 Å². The van der Waals surface area contributed by atoms with Crippen LogP contribution < -0.4 is 0 Å². The Bertz CT molecular complexity index is 636. The van der Waals surface area contributed by atoms with Crippen molar-refractivity contribution in [2.24, 2.45) is 0 Å². The van der Waals surface area contributed by atoms with Gasteiger partial charge < -0.3 is 5.11 Å². The minimum absolute atomic E-state index is 0.272. The summed E-state index contributed by atoms with van der Waals surface area (Å²) < 4.78 is 12.9. The van der Waals surface area contributed by atoms with Gasteiger partial charge in [-0.3, -0.25) is 0 Å². The van der Waals surface area contributed by atoms with Crippen LogP contribution >= 0.6 is 11.6 Å². The highest BCUT2D eigenvalue weighted by Crippen LogP contribution is 2.24. The average Bonchev–Trinajstić information content (AvgIpc) is 2.42. The van der Waals surface area contributed by atoms with E-state index in [2.05, 4.69) is 0 Å². The van der Waals surface area contributed by atoms with Gasteiger partial charge in [-0.25, -0.2) is 4.39 Å². The Hall–Kier alpha value is -1.89. The maximum atomic E-state index is 12.9. The zero-order chi connectivity index (χ0) is 13.8. The summed E-state index contributed by atoms with van der Waals surface area (Å²) in [6.07, 6.45) is -0.509. The van der Waals surface area contributed by atoms with E-state index in [1.54, 1.807) is 30.3 Å². The Morgan fingerprint density at radius 1 is 1.26 bits per heavy atom. The Kier molecular flexibility index (Phi) is 4.16. The van der Waals surface area contributed by atoms with Crippen LogP contribution in [-0.4, -0.2) is 5.11 Å². The number of hydrogen-bond donors (Lipinski definition) is 1. The van der Waals surface area contributed by atoms with Crippen molar-refractivity contribution in [3.8, 4) is 6.07 Å². The fraction of sp³-hybridized carbons (Fsp3) is 0.133. The van der Waals surface area contributed by atoms with E-state index in [1.165, 1.54) is 12.1 Å². The summed E-state index contributed by atoms with van der Waals surface area (Å²) in [5.41, 5.74) is 1.79. The summed E-state index contributed by atoms with van der Waals surface area (Å²) in [5, 5.41) is 19.2. The molecule has 2 aromatic carbocycles. The first-order chi connectivity index (χ1) is 9.10. The highest BCUT2D eigenvalue weighted by atomic mass is 35.5. The molecule has 4 heteroatoms. The minimum atomic E-state index is -0.781. The maximum absolute atomic E-state index is 12.9. The Morgan fingerprint density at radius 2 is 2.05 bits per heavy atom. The average molecular weight is 276 g/mol. The first-order valence-electron chi connectivity index (χ1n) is 5.72. The zero-order valence-electron chi connectivity index (χ0n) is 9.98. The molecule has 0 heterocycles. The van der Waals surface area contributed by atoms with Crippen LogP contribution in [0.5, 0.6) is 0 Å². The van der Waals surface area contributed by atoms with Crippen LogP contribution in [0.2, 0.25) is 5.02 Å². The monoisotopic (exact) mass is 275 g/mol. The fourth-order valence-electron chi connectivity index (χ4n) is 1.83. The molecule has 1 atom stereocenters. The molecule has 2 aromatic rings. The summed E-state index contributed by atoms with van der Waals surface area (Å²) in [7, 11) is 0. The molecule has 0 saturated carbocycles. The molecule has 1 unspecified atom stereocenters. The van der Waals surface area contributed by atoms with Gasteiger partial charge in [-0.2, -0.15) is 5.26 Å². The van der Waals surface area contributed by atoms with Gasteiger partial charge in [-0.15, -0.1) is 0 Å². The molecule has 0 spiro atoms. The Morgan fingerprint density at radius 3 is 2.74 bits per heavy atom. The first kappa shape index (κ1) is 13.5. The number of nitrogens with zero attached hydrogens (tertiary/aromatic N) is 1. The van der Waals surface area contributed by atoms with Gasteiger partial charge in [0.2, 0.25) is 0 Å². The molecule has 0 radical (unpaired) electrons. The van der Waals surface area contributed by atoms with Crippen molar-refractivity contribution < 1.29 is 9.50 Å². The normalized spacial score (nSPS) is 11.9. The van der Waals surface area contributed by atoms with Gasteiger partial charge in [0.1, 0.15) is 5.82 Å². The smallest absolute Gasteiger partial charge is 0.124 e. The van der Waals surface area contributed by atoms with Crippen molar-refractivity contribution in [2.45, 2.75) is 12.5 Å². The third-order valence-corrected chi connectivity index (χ3v) is 3.18. The van der Waals surface area contributed by atoms with Gasteiger partial charge in [0.15, 0.2) is 0 Å². The molecule has 0 aliphatic heterocycles.